The Labute approximate surface area is 126 Å². The van der Waals surface area contributed by atoms with Crippen molar-refractivity contribution in [3.8, 4) is 0 Å². The maximum absolute atomic E-state index is 11.9. The van der Waals surface area contributed by atoms with Crippen LogP contribution >= 0.6 is 11.6 Å². The molecule has 0 aliphatic rings. The molecule has 0 fully saturated rings. The fourth-order valence-corrected chi connectivity index (χ4v) is 1.83. The van der Waals surface area contributed by atoms with Crippen LogP contribution in [0.15, 0.2) is 24.3 Å². The van der Waals surface area contributed by atoms with Crippen molar-refractivity contribution >= 4 is 29.6 Å². The van der Waals surface area contributed by atoms with E-state index in [0.29, 0.717) is 5.02 Å². The van der Waals surface area contributed by atoms with Gasteiger partial charge in [0.25, 0.3) is 0 Å². The van der Waals surface area contributed by atoms with Crippen molar-refractivity contribution in [2.24, 2.45) is 0 Å². The van der Waals surface area contributed by atoms with Crippen LogP contribution < -0.4 is 5.32 Å². The lowest BCUT2D eigenvalue weighted by Gasteiger charge is -2.20. The van der Waals surface area contributed by atoms with Crippen molar-refractivity contribution in [3.63, 3.8) is 0 Å². The molecule has 1 atom stereocenters. The molecule has 21 heavy (non-hydrogen) atoms. The molecular formula is C13H15ClN2O5. The number of amides is 2. The van der Waals surface area contributed by atoms with Crippen molar-refractivity contribution < 1.29 is 24.6 Å². The van der Waals surface area contributed by atoms with E-state index in [1.165, 1.54) is 11.9 Å². The van der Waals surface area contributed by atoms with Crippen molar-refractivity contribution in [2.75, 3.05) is 7.05 Å². The van der Waals surface area contributed by atoms with E-state index in [1.807, 2.05) is 0 Å². The van der Waals surface area contributed by atoms with E-state index in [-0.39, 0.29) is 6.54 Å². The highest BCUT2D eigenvalue weighted by molar-refractivity contribution is 6.30. The number of nitrogens with one attached hydrogen (secondary N) is 1. The Balaban J connectivity index is 2.64. The van der Waals surface area contributed by atoms with Gasteiger partial charge in [-0.15, -0.1) is 0 Å². The largest absolute Gasteiger partial charge is 0.481 e. The van der Waals surface area contributed by atoms with Crippen LogP contribution in [0, 0.1) is 0 Å². The van der Waals surface area contributed by atoms with Crippen molar-refractivity contribution in [3.05, 3.63) is 34.9 Å². The van der Waals surface area contributed by atoms with Gasteiger partial charge in [-0.25, -0.2) is 9.59 Å². The number of carbonyl (C=O) groups is 3. The van der Waals surface area contributed by atoms with E-state index < -0.39 is 30.4 Å². The Hall–Kier alpha value is -2.28. The van der Waals surface area contributed by atoms with Crippen molar-refractivity contribution in [1.29, 1.82) is 0 Å². The predicted molar refractivity (Wildman–Crippen MR) is 75.1 cm³/mol. The summed E-state index contributed by atoms with van der Waals surface area (Å²) in [6, 6.07) is 4.71. The summed E-state index contributed by atoms with van der Waals surface area (Å²) in [5.41, 5.74) is 0.769. The predicted octanol–water partition coefficient (Wildman–Crippen LogP) is 1.41. The first kappa shape index (κ1) is 16.8. The van der Waals surface area contributed by atoms with Crippen LogP contribution in [0.25, 0.3) is 0 Å². The molecule has 1 rings (SSSR count). The van der Waals surface area contributed by atoms with Crippen LogP contribution in [-0.2, 0) is 16.1 Å². The summed E-state index contributed by atoms with van der Waals surface area (Å²) in [5.74, 6) is -2.71. The summed E-state index contributed by atoms with van der Waals surface area (Å²) in [6.45, 7) is 0.214. The number of hydrogen-bond acceptors (Lipinski definition) is 3. The van der Waals surface area contributed by atoms with Gasteiger partial charge in [-0.05, 0) is 17.7 Å². The zero-order valence-corrected chi connectivity index (χ0v) is 12.0. The molecule has 0 aliphatic carbocycles. The second-order valence-electron chi connectivity index (χ2n) is 4.42. The fraction of sp³-hybridized carbons (Fsp3) is 0.308. The summed E-state index contributed by atoms with van der Waals surface area (Å²) in [5, 5.41) is 20.2. The Morgan fingerprint density at radius 3 is 2.52 bits per heavy atom. The van der Waals surface area contributed by atoms with Gasteiger partial charge >= 0.3 is 18.0 Å². The summed E-state index contributed by atoms with van der Waals surface area (Å²) in [7, 11) is 1.47. The molecule has 114 valence electrons. The van der Waals surface area contributed by atoms with Gasteiger partial charge in [-0.3, -0.25) is 4.79 Å². The van der Waals surface area contributed by atoms with Gasteiger partial charge in [0, 0.05) is 18.6 Å². The van der Waals surface area contributed by atoms with E-state index in [1.54, 1.807) is 24.3 Å². The average molecular weight is 315 g/mol. The van der Waals surface area contributed by atoms with Gasteiger partial charge in [0.15, 0.2) is 0 Å². The molecule has 0 radical (unpaired) electrons. The molecule has 0 aromatic heterocycles. The number of benzene rings is 1. The number of nitrogens with zero attached hydrogens (tertiary/aromatic N) is 1. The molecule has 0 aliphatic heterocycles. The fourth-order valence-electron chi connectivity index (χ4n) is 1.61. The highest BCUT2D eigenvalue weighted by Crippen LogP contribution is 2.12. The molecule has 7 nitrogen and oxygen atoms in total. The lowest BCUT2D eigenvalue weighted by atomic mass is 10.2. The minimum Gasteiger partial charge on any atom is -0.481 e. The minimum atomic E-state index is -1.48. The SMILES string of the molecule is CN(Cc1cccc(Cl)c1)C(=O)NC(CC(=O)O)C(=O)O. The number of carbonyl (C=O) groups excluding carboxylic acids is 1. The first-order valence-corrected chi connectivity index (χ1v) is 6.38. The highest BCUT2D eigenvalue weighted by Gasteiger charge is 2.24. The monoisotopic (exact) mass is 314 g/mol. The normalized spacial score (nSPS) is 11.5. The average Bonchev–Trinajstić information content (AvgIpc) is 2.37. The molecule has 1 unspecified atom stereocenters. The minimum absolute atomic E-state index is 0.214. The van der Waals surface area contributed by atoms with Crippen molar-refractivity contribution in [1.82, 2.24) is 10.2 Å². The van der Waals surface area contributed by atoms with E-state index >= 15 is 0 Å². The molecule has 1 aromatic carbocycles. The number of carboxylic acids is 2. The molecule has 8 heteroatoms. The summed E-state index contributed by atoms with van der Waals surface area (Å²) in [4.78, 5) is 34.5. The van der Waals surface area contributed by atoms with Crippen LogP contribution in [0.3, 0.4) is 0 Å². The summed E-state index contributed by atoms with van der Waals surface area (Å²) < 4.78 is 0. The highest BCUT2D eigenvalue weighted by atomic mass is 35.5. The second kappa shape index (κ2) is 7.49. The van der Waals surface area contributed by atoms with Gasteiger partial charge in [0.05, 0.1) is 6.42 Å². The molecule has 0 saturated carbocycles. The molecule has 0 heterocycles. The van der Waals surface area contributed by atoms with E-state index in [2.05, 4.69) is 5.32 Å². The lowest BCUT2D eigenvalue weighted by Crippen LogP contribution is -2.47. The number of carboxylic acid groups (broad SMARTS) is 2. The molecule has 2 amide bonds. The quantitative estimate of drug-likeness (QED) is 0.736. The number of rotatable bonds is 6. The third-order valence-electron chi connectivity index (χ3n) is 2.63. The first-order valence-electron chi connectivity index (χ1n) is 6.00. The number of halogens is 1. The molecule has 3 N–H and O–H groups in total. The smallest absolute Gasteiger partial charge is 0.326 e. The number of urea groups is 1. The topological polar surface area (TPSA) is 107 Å². The Morgan fingerprint density at radius 2 is 2.00 bits per heavy atom. The van der Waals surface area contributed by atoms with Crippen molar-refractivity contribution in [2.45, 2.75) is 19.0 Å². The maximum atomic E-state index is 11.9. The van der Waals surface area contributed by atoms with Crippen LogP contribution in [0.1, 0.15) is 12.0 Å². The van der Waals surface area contributed by atoms with E-state index in [4.69, 9.17) is 21.8 Å². The maximum Gasteiger partial charge on any atom is 0.326 e. The zero-order chi connectivity index (χ0) is 16.0. The van der Waals surface area contributed by atoms with Crippen LogP contribution in [0.2, 0.25) is 5.02 Å². The first-order chi connectivity index (χ1) is 9.79. The number of aliphatic carboxylic acids is 2. The van der Waals surface area contributed by atoms with Crippen LogP contribution in [-0.4, -0.2) is 46.2 Å². The summed E-state index contributed by atoms with van der Waals surface area (Å²) in [6.07, 6.45) is -0.688. The van der Waals surface area contributed by atoms with Crippen LogP contribution in [0.5, 0.6) is 0 Å². The van der Waals surface area contributed by atoms with E-state index in [9.17, 15) is 14.4 Å². The Bertz CT molecular complexity index is 549. The lowest BCUT2D eigenvalue weighted by molar-refractivity contribution is -0.145. The van der Waals surface area contributed by atoms with Gasteiger partial charge in [0.2, 0.25) is 0 Å². The molecule has 0 spiro atoms. The van der Waals surface area contributed by atoms with Gasteiger partial charge < -0.3 is 20.4 Å². The number of hydrogen-bond donors (Lipinski definition) is 3. The Kier molecular flexibility index (Phi) is 5.98. The standard InChI is InChI=1S/C13H15ClN2O5/c1-16(7-8-3-2-4-9(14)5-8)13(21)15-10(12(19)20)6-11(17)18/h2-5,10H,6-7H2,1H3,(H,15,21)(H,17,18)(H,19,20). The Morgan fingerprint density at radius 1 is 1.33 bits per heavy atom. The zero-order valence-electron chi connectivity index (χ0n) is 11.2. The molecule has 0 saturated heterocycles. The van der Waals surface area contributed by atoms with E-state index in [0.717, 1.165) is 5.56 Å². The molecular weight excluding hydrogens is 300 g/mol. The van der Waals surface area contributed by atoms with Crippen LogP contribution in [0.4, 0.5) is 4.79 Å². The van der Waals surface area contributed by atoms with Gasteiger partial charge in [0.1, 0.15) is 6.04 Å². The third kappa shape index (κ3) is 5.70. The molecule has 1 aromatic rings. The van der Waals surface area contributed by atoms with Gasteiger partial charge in [-0.2, -0.15) is 0 Å². The summed E-state index contributed by atoms with van der Waals surface area (Å²) >= 11 is 5.83. The molecule has 0 bridgehead atoms. The second-order valence-corrected chi connectivity index (χ2v) is 4.86. The van der Waals surface area contributed by atoms with Gasteiger partial charge in [-0.1, -0.05) is 23.7 Å². The third-order valence-corrected chi connectivity index (χ3v) is 2.87.